The molecule has 2 N–H and O–H groups in total. The van der Waals surface area contributed by atoms with Crippen molar-refractivity contribution in [1.29, 1.82) is 0 Å². The molecule has 0 fully saturated rings. The number of rotatable bonds is 3. The first-order valence-electron chi connectivity index (χ1n) is 7.52. The van der Waals surface area contributed by atoms with Crippen molar-refractivity contribution in [1.82, 2.24) is 0 Å². The molecule has 1 atom stereocenters. The number of benzene rings is 2. The van der Waals surface area contributed by atoms with Crippen molar-refractivity contribution in [3.63, 3.8) is 0 Å². The van der Waals surface area contributed by atoms with E-state index in [4.69, 9.17) is 15.2 Å². The van der Waals surface area contributed by atoms with Gasteiger partial charge in [-0.1, -0.05) is 36.4 Å². The molecule has 0 spiro atoms. The van der Waals surface area contributed by atoms with Gasteiger partial charge in [0.1, 0.15) is 0 Å². The monoisotopic (exact) mass is 283 g/mol. The van der Waals surface area contributed by atoms with E-state index in [0.717, 1.165) is 49.5 Å². The van der Waals surface area contributed by atoms with Crippen LogP contribution >= 0.6 is 0 Å². The van der Waals surface area contributed by atoms with Gasteiger partial charge in [-0.2, -0.15) is 0 Å². The lowest BCUT2D eigenvalue weighted by molar-refractivity contribution is 0.223. The molecule has 110 valence electrons. The van der Waals surface area contributed by atoms with Crippen molar-refractivity contribution in [2.24, 2.45) is 5.73 Å². The molecule has 0 aliphatic carbocycles. The number of hydrogen-bond acceptors (Lipinski definition) is 3. The van der Waals surface area contributed by atoms with E-state index in [-0.39, 0.29) is 6.04 Å². The first-order chi connectivity index (χ1) is 10.3. The van der Waals surface area contributed by atoms with Crippen LogP contribution in [0.4, 0.5) is 0 Å². The Kier molecular flexibility index (Phi) is 4.41. The summed E-state index contributed by atoms with van der Waals surface area (Å²) < 4.78 is 11.5. The van der Waals surface area contributed by atoms with Gasteiger partial charge in [0.15, 0.2) is 11.5 Å². The van der Waals surface area contributed by atoms with Gasteiger partial charge in [-0.25, -0.2) is 0 Å². The van der Waals surface area contributed by atoms with Crippen molar-refractivity contribution >= 4 is 0 Å². The first kappa shape index (κ1) is 14.0. The minimum absolute atomic E-state index is 0.0354. The molecule has 2 aromatic rings. The van der Waals surface area contributed by atoms with Crippen molar-refractivity contribution in [2.75, 3.05) is 13.2 Å². The van der Waals surface area contributed by atoms with E-state index >= 15 is 0 Å². The van der Waals surface area contributed by atoms with E-state index in [1.54, 1.807) is 0 Å². The fourth-order valence-corrected chi connectivity index (χ4v) is 2.54. The number of fused-ring (bicyclic) bond motifs is 1. The van der Waals surface area contributed by atoms with Crippen molar-refractivity contribution in [3.8, 4) is 11.5 Å². The lowest BCUT2D eigenvalue weighted by Gasteiger charge is -2.19. The summed E-state index contributed by atoms with van der Waals surface area (Å²) in [7, 11) is 0. The molecule has 1 heterocycles. The third-order valence-electron chi connectivity index (χ3n) is 3.75. The van der Waals surface area contributed by atoms with Crippen LogP contribution in [0.1, 0.15) is 30.0 Å². The van der Waals surface area contributed by atoms with Gasteiger partial charge < -0.3 is 15.2 Å². The minimum atomic E-state index is -0.0354. The molecule has 0 amide bonds. The molecule has 0 saturated heterocycles. The number of nitrogens with two attached hydrogens (primary N) is 1. The van der Waals surface area contributed by atoms with Gasteiger partial charge in [0.05, 0.1) is 13.2 Å². The SMILES string of the molecule is N[C@@H](Cc1ccccc1)c1ccc2c(c1)OCCCCO2. The zero-order valence-corrected chi connectivity index (χ0v) is 12.1. The second kappa shape index (κ2) is 6.64. The van der Waals surface area contributed by atoms with E-state index in [2.05, 4.69) is 12.1 Å². The van der Waals surface area contributed by atoms with E-state index in [1.807, 2.05) is 36.4 Å². The van der Waals surface area contributed by atoms with Crippen LogP contribution in [0.3, 0.4) is 0 Å². The van der Waals surface area contributed by atoms with Crippen LogP contribution in [0.25, 0.3) is 0 Å². The van der Waals surface area contributed by atoms with Crippen molar-refractivity contribution < 1.29 is 9.47 Å². The summed E-state index contributed by atoms with van der Waals surface area (Å²) in [5.74, 6) is 1.64. The molecule has 1 aliphatic heterocycles. The molecule has 0 unspecified atom stereocenters. The van der Waals surface area contributed by atoms with Crippen LogP contribution in [0.15, 0.2) is 48.5 Å². The second-order valence-electron chi connectivity index (χ2n) is 5.41. The van der Waals surface area contributed by atoms with Gasteiger partial charge in [0.2, 0.25) is 0 Å². The van der Waals surface area contributed by atoms with Crippen LogP contribution < -0.4 is 15.2 Å². The molecule has 3 nitrogen and oxygen atoms in total. The Morgan fingerprint density at radius 3 is 2.38 bits per heavy atom. The normalized spacial score (nSPS) is 15.9. The maximum atomic E-state index is 6.33. The van der Waals surface area contributed by atoms with Gasteiger partial charge in [0, 0.05) is 6.04 Å². The standard InChI is InChI=1S/C18H21NO2/c19-16(12-14-6-2-1-3-7-14)15-8-9-17-18(13-15)21-11-5-4-10-20-17/h1-3,6-9,13,16H,4-5,10-12,19H2/t16-/m0/s1. The van der Waals surface area contributed by atoms with Crippen LogP contribution in [0.2, 0.25) is 0 Å². The lowest BCUT2D eigenvalue weighted by atomic mass is 9.99. The van der Waals surface area contributed by atoms with Crippen molar-refractivity contribution in [2.45, 2.75) is 25.3 Å². The predicted molar refractivity (Wildman–Crippen MR) is 83.7 cm³/mol. The maximum absolute atomic E-state index is 6.33. The minimum Gasteiger partial charge on any atom is -0.490 e. The summed E-state index contributed by atoms with van der Waals surface area (Å²) in [6.07, 6.45) is 2.88. The average Bonchev–Trinajstić information content (AvgIpc) is 2.48. The topological polar surface area (TPSA) is 44.5 Å². The molecule has 3 heteroatoms. The zero-order valence-electron chi connectivity index (χ0n) is 12.1. The molecule has 3 rings (SSSR count). The second-order valence-corrected chi connectivity index (χ2v) is 5.41. The Balaban J connectivity index is 1.77. The van der Waals surface area contributed by atoms with Crippen LogP contribution in [0, 0.1) is 0 Å². The maximum Gasteiger partial charge on any atom is 0.161 e. The first-order valence-corrected chi connectivity index (χ1v) is 7.52. The Bertz CT molecular complexity index is 583. The van der Waals surface area contributed by atoms with Gasteiger partial charge in [0.25, 0.3) is 0 Å². The Labute approximate surface area is 125 Å². The van der Waals surface area contributed by atoms with Gasteiger partial charge in [-0.05, 0) is 42.5 Å². The fraction of sp³-hybridized carbons (Fsp3) is 0.333. The fourth-order valence-electron chi connectivity index (χ4n) is 2.54. The molecule has 0 radical (unpaired) electrons. The Hall–Kier alpha value is -2.00. The molecule has 0 aromatic heterocycles. The van der Waals surface area contributed by atoms with Gasteiger partial charge in [-0.3, -0.25) is 0 Å². The number of hydrogen-bond donors (Lipinski definition) is 1. The highest BCUT2D eigenvalue weighted by molar-refractivity contribution is 5.44. The van der Waals surface area contributed by atoms with Crippen LogP contribution in [0.5, 0.6) is 11.5 Å². The van der Waals surface area contributed by atoms with E-state index < -0.39 is 0 Å². The van der Waals surface area contributed by atoms with E-state index in [9.17, 15) is 0 Å². The average molecular weight is 283 g/mol. The highest BCUT2D eigenvalue weighted by Gasteiger charge is 2.13. The summed E-state index contributed by atoms with van der Waals surface area (Å²) >= 11 is 0. The summed E-state index contributed by atoms with van der Waals surface area (Å²) in [6.45, 7) is 1.50. The quantitative estimate of drug-likeness (QED) is 0.938. The molecule has 0 saturated carbocycles. The summed E-state index contributed by atoms with van der Waals surface area (Å²) in [6, 6.07) is 16.3. The smallest absolute Gasteiger partial charge is 0.161 e. The molecular formula is C18H21NO2. The molecule has 21 heavy (non-hydrogen) atoms. The molecular weight excluding hydrogens is 262 g/mol. The summed E-state index contributed by atoms with van der Waals surface area (Å²) in [5, 5.41) is 0. The van der Waals surface area contributed by atoms with Gasteiger partial charge >= 0.3 is 0 Å². The largest absolute Gasteiger partial charge is 0.490 e. The van der Waals surface area contributed by atoms with Crippen molar-refractivity contribution in [3.05, 3.63) is 59.7 Å². The molecule has 0 bridgehead atoms. The zero-order chi connectivity index (χ0) is 14.5. The summed E-state index contributed by atoms with van der Waals surface area (Å²) in [4.78, 5) is 0. The van der Waals surface area contributed by atoms with Crippen LogP contribution in [-0.2, 0) is 6.42 Å². The lowest BCUT2D eigenvalue weighted by Crippen LogP contribution is -2.14. The van der Waals surface area contributed by atoms with Gasteiger partial charge in [-0.15, -0.1) is 0 Å². The number of ether oxygens (including phenoxy) is 2. The highest BCUT2D eigenvalue weighted by atomic mass is 16.5. The predicted octanol–water partition coefficient (Wildman–Crippen LogP) is 3.48. The van der Waals surface area contributed by atoms with E-state index in [0.29, 0.717) is 0 Å². The van der Waals surface area contributed by atoms with E-state index in [1.165, 1.54) is 5.56 Å². The van der Waals surface area contributed by atoms with Crippen LogP contribution in [-0.4, -0.2) is 13.2 Å². The molecule has 2 aromatic carbocycles. The Morgan fingerprint density at radius 1 is 0.905 bits per heavy atom. The highest BCUT2D eigenvalue weighted by Crippen LogP contribution is 2.32. The Morgan fingerprint density at radius 2 is 1.62 bits per heavy atom. The molecule has 1 aliphatic rings. The third kappa shape index (κ3) is 3.56. The third-order valence-corrected chi connectivity index (χ3v) is 3.75. The summed E-state index contributed by atoms with van der Waals surface area (Å²) in [5.41, 5.74) is 8.66.